The van der Waals surface area contributed by atoms with Gasteiger partial charge in [-0.05, 0) is 56.6 Å². The lowest BCUT2D eigenvalue weighted by Crippen LogP contribution is -2.46. The van der Waals surface area contributed by atoms with Gasteiger partial charge in [-0.1, -0.05) is 6.07 Å². The third kappa shape index (κ3) is 3.17. The summed E-state index contributed by atoms with van der Waals surface area (Å²) in [5.74, 6) is 0.985. The molecule has 0 spiro atoms. The highest BCUT2D eigenvalue weighted by molar-refractivity contribution is 5.18. The van der Waals surface area contributed by atoms with Crippen molar-refractivity contribution in [3.63, 3.8) is 0 Å². The van der Waals surface area contributed by atoms with Crippen LogP contribution in [0.4, 0.5) is 0 Å². The van der Waals surface area contributed by atoms with Crippen LogP contribution in [0.25, 0.3) is 0 Å². The molecule has 0 aromatic carbocycles. The van der Waals surface area contributed by atoms with Crippen molar-refractivity contribution in [3.05, 3.63) is 29.6 Å². The highest BCUT2D eigenvalue weighted by Gasteiger charge is 2.38. The van der Waals surface area contributed by atoms with Crippen LogP contribution >= 0.6 is 0 Å². The average molecular weight is 315 g/mol. The number of aromatic nitrogens is 1. The highest BCUT2D eigenvalue weighted by atomic mass is 16.3. The molecule has 2 atom stereocenters. The summed E-state index contributed by atoms with van der Waals surface area (Å²) in [5, 5.41) is 10.9. The molecule has 0 amide bonds. The van der Waals surface area contributed by atoms with Gasteiger partial charge in [-0.25, -0.2) is 0 Å². The Kier molecular flexibility index (Phi) is 4.16. The molecule has 2 bridgehead atoms. The second-order valence-corrected chi connectivity index (χ2v) is 7.92. The second kappa shape index (κ2) is 6.15. The average Bonchev–Trinajstić information content (AvgIpc) is 3.18. The summed E-state index contributed by atoms with van der Waals surface area (Å²) >= 11 is 0. The van der Waals surface area contributed by atoms with Crippen LogP contribution in [0.2, 0.25) is 0 Å². The van der Waals surface area contributed by atoms with Gasteiger partial charge < -0.3 is 10.0 Å². The maximum absolute atomic E-state index is 10.9. The Hall–Kier alpha value is -0.970. The van der Waals surface area contributed by atoms with E-state index in [2.05, 4.69) is 20.9 Å². The summed E-state index contributed by atoms with van der Waals surface area (Å²) in [6.07, 6.45) is 7.79. The van der Waals surface area contributed by atoms with Crippen molar-refractivity contribution in [1.29, 1.82) is 0 Å². The van der Waals surface area contributed by atoms with Crippen molar-refractivity contribution in [2.24, 2.45) is 5.92 Å². The monoisotopic (exact) mass is 315 g/mol. The minimum atomic E-state index is -0.725. The summed E-state index contributed by atoms with van der Waals surface area (Å²) in [6.45, 7) is 7.69. The van der Waals surface area contributed by atoms with Crippen LogP contribution in [0.3, 0.4) is 0 Å². The summed E-state index contributed by atoms with van der Waals surface area (Å²) in [7, 11) is 0. The van der Waals surface area contributed by atoms with Gasteiger partial charge in [-0.15, -0.1) is 0 Å². The number of aliphatic hydroxyl groups is 1. The topological polar surface area (TPSA) is 39.6 Å². The summed E-state index contributed by atoms with van der Waals surface area (Å²) in [6, 6.07) is 4.92. The van der Waals surface area contributed by atoms with E-state index in [4.69, 9.17) is 0 Å². The Morgan fingerprint density at radius 3 is 2.65 bits per heavy atom. The van der Waals surface area contributed by atoms with E-state index in [-0.39, 0.29) is 0 Å². The molecule has 4 nitrogen and oxygen atoms in total. The van der Waals surface area contributed by atoms with E-state index in [0.29, 0.717) is 0 Å². The molecule has 0 radical (unpaired) electrons. The Morgan fingerprint density at radius 1 is 1.22 bits per heavy atom. The van der Waals surface area contributed by atoms with Gasteiger partial charge >= 0.3 is 0 Å². The molecule has 2 aliphatic heterocycles. The number of pyridine rings is 1. The Morgan fingerprint density at radius 2 is 2.04 bits per heavy atom. The number of nitrogens with zero attached hydrogens (tertiary/aromatic N) is 3. The van der Waals surface area contributed by atoms with Crippen molar-refractivity contribution in [3.8, 4) is 0 Å². The molecule has 0 unspecified atom stereocenters. The van der Waals surface area contributed by atoms with Gasteiger partial charge in [0.05, 0.1) is 5.69 Å². The van der Waals surface area contributed by atoms with Gasteiger partial charge in [0, 0.05) is 45.0 Å². The van der Waals surface area contributed by atoms with Gasteiger partial charge in [0.25, 0.3) is 0 Å². The molecule has 126 valence electrons. The fourth-order valence-corrected chi connectivity index (χ4v) is 4.72. The molecule has 1 aromatic rings. The molecule has 1 N–H and O–H groups in total. The van der Waals surface area contributed by atoms with E-state index in [0.717, 1.165) is 55.7 Å². The number of aryl methyl sites for hydroxylation is 1. The number of fused-ring (bicyclic) bond motifs is 2. The zero-order valence-corrected chi connectivity index (χ0v) is 14.2. The van der Waals surface area contributed by atoms with Crippen molar-refractivity contribution >= 4 is 0 Å². The molecule has 1 aliphatic carbocycles. The van der Waals surface area contributed by atoms with Gasteiger partial charge in [-0.2, -0.15) is 0 Å². The SMILES string of the molecule is Cc1ccc(C2(O)CCN(CCN3C[C@H]4CC[C@@H]3C4)CC2)nc1. The first-order valence-electron chi connectivity index (χ1n) is 9.24. The maximum Gasteiger partial charge on any atom is 0.109 e. The van der Waals surface area contributed by atoms with Crippen LogP contribution in [-0.4, -0.2) is 58.7 Å². The lowest BCUT2D eigenvalue weighted by atomic mass is 9.87. The molecule has 23 heavy (non-hydrogen) atoms. The summed E-state index contributed by atoms with van der Waals surface area (Å²) in [5.41, 5.74) is 1.27. The lowest BCUT2D eigenvalue weighted by Gasteiger charge is -2.39. The smallest absolute Gasteiger partial charge is 0.109 e. The van der Waals surface area contributed by atoms with Gasteiger partial charge in [-0.3, -0.25) is 9.88 Å². The van der Waals surface area contributed by atoms with Crippen molar-refractivity contribution in [1.82, 2.24) is 14.8 Å². The van der Waals surface area contributed by atoms with E-state index in [1.54, 1.807) is 0 Å². The van der Waals surface area contributed by atoms with Crippen LogP contribution in [0, 0.1) is 12.8 Å². The Bertz CT molecular complexity index is 536. The van der Waals surface area contributed by atoms with Crippen molar-refractivity contribution in [2.45, 2.75) is 50.7 Å². The van der Waals surface area contributed by atoms with Crippen LogP contribution < -0.4 is 0 Å². The number of likely N-dealkylation sites (tertiary alicyclic amines) is 2. The molecule has 1 saturated carbocycles. The molecule has 4 heteroatoms. The van der Waals surface area contributed by atoms with Crippen LogP contribution in [-0.2, 0) is 5.60 Å². The first kappa shape index (κ1) is 15.6. The largest absolute Gasteiger partial charge is 0.383 e. The first-order valence-corrected chi connectivity index (χ1v) is 9.24. The van der Waals surface area contributed by atoms with E-state index in [1.807, 2.05) is 19.2 Å². The van der Waals surface area contributed by atoms with Crippen LogP contribution in [0.5, 0.6) is 0 Å². The molecule has 3 fully saturated rings. The summed E-state index contributed by atoms with van der Waals surface area (Å²) in [4.78, 5) is 9.68. The van der Waals surface area contributed by atoms with E-state index < -0.39 is 5.60 Å². The predicted octanol–water partition coefficient (Wildman–Crippen LogP) is 2.16. The molecule has 4 rings (SSSR count). The van der Waals surface area contributed by atoms with E-state index in [9.17, 15) is 5.11 Å². The van der Waals surface area contributed by atoms with Crippen LogP contribution in [0.15, 0.2) is 18.3 Å². The first-order chi connectivity index (χ1) is 11.1. The third-order valence-electron chi connectivity index (χ3n) is 6.30. The summed E-state index contributed by atoms with van der Waals surface area (Å²) < 4.78 is 0. The standard InChI is InChI=1S/C19H29N3O/c1-15-2-5-18(20-13-15)19(23)6-8-21(9-7-19)10-11-22-14-16-3-4-17(22)12-16/h2,5,13,16-17,23H,3-4,6-12,14H2,1H3/t16-,17+/m0/s1. The fraction of sp³-hybridized carbons (Fsp3) is 0.737. The van der Waals surface area contributed by atoms with Gasteiger partial charge in [0.15, 0.2) is 0 Å². The van der Waals surface area contributed by atoms with E-state index >= 15 is 0 Å². The minimum absolute atomic E-state index is 0.725. The normalized spacial score (nSPS) is 30.9. The zero-order chi connectivity index (χ0) is 15.9. The zero-order valence-electron chi connectivity index (χ0n) is 14.2. The Balaban J connectivity index is 1.28. The lowest BCUT2D eigenvalue weighted by molar-refractivity contribution is -0.0310. The number of piperidine rings is 2. The number of hydrogen-bond acceptors (Lipinski definition) is 4. The van der Waals surface area contributed by atoms with E-state index in [1.165, 1.54) is 32.4 Å². The quantitative estimate of drug-likeness (QED) is 0.924. The van der Waals surface area contributed by atoms with Crippen molar-refractivity contribution < 1.29 is 5.11 Å². The Labute approximate surface area is 139 Å². The maximum atomic E-state index is 10.9. The van der Waals surface area contributed by atoms with Crippen LogP contribution in [0.1, 0.15) is 43.4 Å². The fourth-order valence-electron chi connectivity index (χ4n) is 4.72. The number of hydrogen-bond donors (Lipinski definition) is 1. The second-order valence-electron chi connectivity index (χ2n) is 7.92. The van der Waals surface area contributed by atoms with Gasteiger partial charge in [0.1, 0.15) is 5.60 Å². The predicted molar refractivity (Wildman–Crippen MR) is 91.2 cm³/mol. The third-order valence-corrected chi connectivity index (χ3v) is 6.30. The highest BCUT2D eigenvalue weighted by Crippen LogP contribution is 2.37. The van der Waals surface area contributed by atoms with Crippen molar-refractivity contribution in [2.75, 3.05) is 32.7 Å². The number of rotatable bonds is 4. The molecular weight excluding hydrogens is 286 g/mol. The minimum Gasteiger partial charge on any atom is -0.383 e. The van der Waals surface area contributed by atoms with Gasteiger partial charge in [0.2, 0.25) is 0 Å². The molecule has 1 aromatic heterocycles. The molecule has 3 heterocycles. The molecule has 3 aliphatic rings. The molecular formula is C19H29N3O. The molecule has 2 saturated heterocycles.